The first-order chi connectivity index (χ1) is 9.97. The molecule has 3 nitrogen and oxygen atoms in total. The minimum Gasteiger partial charge on any atom is -0.396 e. The number of hydrogen-bond acceptors (Lipinski definition) is 3. The normalized spacial score (nSPS) is 19.4. The van der Waals surface area contributed by atoms with Crippen LogP contribution in [0, 0.1) is 11.3 Å². The number of nitriles is 1. The van der Waals surface area contributed by atoms with E-state index in [0.29, 0.717) is 18.7 Å². The number of anilines is 1. The molecule has 6 heteroatoms. The van der Waals surface area contributed by atoms with E-state index in [-0.39, 0.29) is 18.2 Å². The number of aliphatic hydroxyl groups excluding tert-OH is 1. The first kappa shape index (κ1) is 15.6. The average molecular weight is 298 g/mol. The third-order valence-electron chi connectivity index (χ3n) is 3.84. The third kappa shape index (κ3) is 3.48. The maximum Gasteiger partial charge on any atom is 0.416 e. The summed E-state index contributed by atoms with van der Waals surface area (Å²) in [4.78, 5) is 1.96. The lowest BCUT2D eigenvalue weighted by molar-refractivity contribution is -0.137. The molecule has 114 valence electrons. The highest BCUT2D eigenvalue weighted by molar-refractivity contribution is 5.61. The van der Waals surface area contributed by atoms with Crippen LogP contribution >= 0.6 is 0 Å². The number of piperidine rings is 1. The Bertz CT molecular complexity index is 535. The maximum absolute atomic E-state index is 12.7. The van der Waals surface area contributed by atoms with Gasteiger partial charge in [0.1, 0.15) is 6.07 Å². The van der Waals surface area contributed by atoms with Crippen LogP contribution in [0.15, 0.2) is 18.2 Å². The Morgan fingerprint density at radius 1 is 1.33 bits per heavy atom. The Morgan fingerprint density at radius 3 is 2.71 bits per heavy atom. The van der Waals surface area contributed by atoms with Crippen LogP contribution in [0.2, 0.25) is 0 Å². The van der Waals surface area contributed by atoms with Crippen LogP contribution in [0.4, 0.5) is 18.9 Å². The van der Waals surface area contributed by atoms with E-state index in [1.54, 1.807) is 0 Å². The number of benzene rings is 1. The summed E-state index contributed by atoms with van der Waals surface area (Å²) in [7, 11) is 0. The van der Waals surface area contributed by atoms with Gasteiger partial charge in [0.05, 0.1) is 16.8 Å². The molecule has 0 bridgehead atoms. The van der Waals surface area contributed by atoms with Crippen molar-refractivity contribution >= 4 is 5.69 Å². The second-order valence-corrected chi connectivity index (χ2v) is 5.20. The van der Waals surface area contributed by atoms with Crippen LogP contribution in [0.1, 0.15) is 36.8 Å². The van der Waals surface area contributed by atoms with E-state index in [9.17, 15) is 13.2 Å². The van der Waals surface area contributed by atoms with Gasteiger partial charge in [-0.1, -0.05) is 0 Å². The molecule has 1 aliphatic heterocycles. The first-order valence-electron chi connectivity index (χ1n) is 6.96. The predicted octanol–water partition coefficient (Wildman–Crippen LogP) is 3.32. The molecule has 1 saturated heterocycles. The number of rotatable bonds is 3. The number of alkyl halides is 3. The second kappa shape index (κ2) is 6.35. The highest BCUT2D eigenvalue weighted by Crippen LogP contribution is 2.35. The number of nitrogens with zero attached hydrogens (tertiary/aromatic N) is 2. The minimum absolute atomic E-state index is 0.0314. The molecule has 0 spiro atoms. The Balaban J connectivity index is 2.36. The topological polar surface area (TPSA) is 47.3 Å². The lowest BCUT2D eigenvalue weighted by Crippen LogP contribution is -2.40. The quantitative estimate of drug-likeness (QED) is 0.931. The third-order valence-corrected chi connectivity index (χ3v) is 3.84. The van der Waals surface area contributed by atoms with Crippen molar-refractivity contribution in [1.29, 1.82) is 5.26 Å². The van der Waals surface area contributed by atoms with Crippen LogP contribution in [-0.4, -0.2) is 24.3 Å². The van der Waals surface area contributed by atoms with Crippen LogP contribution in [-0.2, 0) is 6.18 Å². The molecule has 1 N–H and O–H groups in total. The lowest BCUT2D eigenvalue weighted by Gasteiger charge is -2.38. The molecule has 2 rings (SSSR count). The highest BCUT2D eigenvalue weighted by Gasteiger charge is 2.32. The molecule has 0 aliphatic carbocycles. The summed E-state index contributed by atoms with van der Waals surface area (Å²) in [6.07, 6.45) is -1.04. The van der Waals surface area contributed by atoms with Crippen molar-refractivity contribution in [2.24, 2.45) is 0 Å². The van der Waals surface area contributed by atoms with Gasteiger partial charge in [0, 0.05) is 19.2 Å². The average Bonchev–Trinajstić information content (AvgIpc) is 2.46. The molecule has 0 aromatic heterocycles. The number of hydrogen-bond donors (Lipinski definition) is 1. The number of halogens is 3. The highest BCUT2D eigenvalue weighted by atomic mass is 19.4. The monoisotopic (exact) mass is 298 g/mol. The largest absolute Gasteiger partial charge is 0.416 e. The predicted molar refractivity (Wildman–Crippen MR) is 72.8 cm³/mol. The van der Waals surface area contributed by atoms with Crippen molar-refractivity contribution in [2.75, 3.05) is 18.1 Å². The fourth-order valence-electron chi connectivity index (χ4n) is 2.82. The van der Waals surface area contributed by atoms with Crippen molar-refractivity contribution in [2.45, 2.75) is 37.9 Å². The van der Waals surface area contributed by atoms with E-state index < -0.39 is 11.7 Å². The summed E-state index contributed by atoms with van der Waals surface area (Å²) < 4.78 is 38.2. The summed E-state index contributed by atoms with van der Waals surface area (Å²) in [6.45, 7) is 0.731. The molecule has 21 heavy (non-hydrogen) atoms. The molecule has 1 atom stereocenters. The van der Waals surface area contributed by atoms with Gasteiger partial charge in [-0.3, -0.25) is 0 Å². The molecule has 1 fully saturated rings. The van der Waals surface area contributed by atoms with Gasteiger partial charge < -0.3 is 10.0 Å². The van der Waals surface area contributed by atoms with Gasteiger partial charge >= 0.3 is 6.18 Å². The fraction of sp³-hybridized carbons (Fsp3) is 0.533. The van der Waals surface area contributed by atoms with Gasteiger partial charge in [-0.25, -0.2) is 0 Å². The van der Waals surface area contributed by atoms with Crippen molar-refractivity contribution in [1.82, 2.24) is 0 Å². The van der Waals surface area contributed by atoms with E-state index in [1.165, 1.54) is 6.07 Å². The Kier molecular flexibility index (Phi) is 4.73. The zero-order valence-corrected chi connectivity index (χ0v) is 11.5. The molecule has 1 aromatic rings. The van der Waals surface area contributed by atoms with E-state index in [1.807, 2.05) is 11.0 Å². The van der Waals surface area contributed by atoms with Crippen LogP contribution in [0.5, 0.6) is 0 Å². The molecule has 0 saturated carbocycles. The summed E-state index contributed by atoms with van der Waals surface area (Å²) in [5.41, 5.74) is -0.239. The zero-order valence-electron chi connectivity index (χ0n) is 11.5. The van der Waals surface area contributed by atoms with Crippen molar-refractivity contribution < 1.29 is 18.3 Å². The minimum atomic E-state index is -4.45. The van der Waals surface area contributed by atoms with E-state index >= 15 is 0 Å². The number of aliphatic hydroxyl groups is 1. The molecule has 0 radical (unpaired) electrons. The summed E-state index contributed by atoms with van der Waals surface area (Å²) in [5.74, 6) is 0. The standard InChI is InChI=1S/C15H17F3N2O/c16-15(17,18)12-4-5-14(11(9-12)10-19)20-7-2-1-3-13(20)6-8-21/h4-5,9,13,21H,1-3,6-8H2. The molecule has 1 unspecified atom stereocenters. The summed E-state index contributed by atoms with van der Waals surface area (Å²) in [6, 6.07) is 5.23. The van der Waals surface area contributed by atoms with Crippen LogP contribution in [0.3, 0.4) is 0 Å². The molecule has 1 aromatic carbocycles. The Labute approximate surface area is 121 Å². The molecular weight excluding hydrogens is 281 g/mol. The zero-order chi connectivity index (χ0) is 15.5. The van der Waals surface area contributed by atoms with E-state index in [4.69, 9.17) is 10.4 Å². The van der Waals surface area contributed by atoms with Gasteiger partial charge in [0.25, 0.3) is 0 Å². The maximum atomic E-state index is 12.7. The van der Waals surface area contributed by atoms with Gasteiger partial charge in [-0.15, -0.1) is 0 Å². The van der Waals surface area contributed by atoms with Crippen molar-refractivity contribution in [3.63, 3.8) is 0 Å². The molecule has 1 heterocycles. The smallest absolute Gasteiger partial charge is 0.396 e. The molecule has 1 aliphatic rings. The summed E-state index contributed by atoms with van der Waals surface area (Å²) >= 11 is 0. The lowest BCUT2D eigenvalue weighted by atomic mass is 9.97. The SMILES string of the molecule is N#Cc1cc(C(F)(F)F)ccc1N1CCCCC1CCO. The van der Waals surface area contributed by atoms with Gasteiger partial charge in [0.15, 0.2) is 0 Å². The van der Waals surface area contributed by atoms with Crippen LogP contribution in [0.25, 0.3) is 0 Å². The Hall–Kier alpha value is -1.74. The van der Waals surface area contributed by atoms with Crippen molar-refractivity contribution in [3.05, 3.63) is 29.3 Å². The van der Waals surface area contributed by atoms with Gasteiger partial charge in [0.2, 0.25) is 0 Å². The fourth-order valence-corrected chi connectivity index (χ4v) is 2.82. The van der Waals surface area contributed by atoms with Gasteiger partial charge in [-0.05, 0) is 43.9 Å². The van der Waals surface area contributed by atoms with Crippen LogP contribution < -0.4 is 4.90 Å². The van der Waals surface area contributed by atoms with E-state index in [2.05, 4.69) is 0 Å². The molecule has 0 amide bonds. The second-order valence-electron chi connectivity index (χ2n) is 5.20. The van der Waals surface area contributed by atoms with E-state index in [0.717, 1.165) is 31.4 Å². The first-order valence-corrected chi connectivity index (χ1v) is 6.96. The van der Waals surface area contributed by atoms with Crippen molar-refractivity contribution in [3.8, 4) is 6.07 Å². The summed E-state index contributed by atoms with van der Waals surface area (Å²) in [5, 5.41) is 18.3. The Morgan fingerprint density at radius 2 is 2.10 bits per heavy atom. The van der Waals surface area contributed by atoms with Gasteiger partial charge in [-0.2, -0.15) is 18.4 Å². The molecular formula is C15H17F3N2O.